The van der Waals surface area contributed by atoms with Crippen LogP contribution < -0.4 is 10.6 Å². The number of carbonyl (C=O) groups is 2. The van der Waals surface area contributed by atoms with Gasteiger partial charge in [-0.25, -0.2) is 9.78 Å². The lowest BCUT2D eigenvalue weighted by molar-refractivity contribution is 0.0963. The van der Waals surface area contributed by atoms with Gasteiger partial charge in [-0.15, -0.1) is 0 Å². The number of hydrogen-bond donors (Lipinski definition) is 2. The average Bonchev–Trinajstić information content (AvgIpc) is 3.21. The van der Waals surface area contributed by atoms with Crippen LogP contribution in [0.3, 0.4) is 0 Å². The third kappa shape index (κ3) is 5.28. The fraction of sp³-hybridized carbons (Fsp3) is 0.346. The molecule has 3 amide bonds. The van der Waals surface area contributed by atoms with Gasteiger partial charge in [0, 0.05) is 56.6 Å². The van der Waals surface area contributed by atoms with Crippen LogP contribution >= 0.6 is 0 Å². The molecule has 1 aliphatic rings. The summed E-state index contributed by atoms with van der Waals surface area (Å²) < 4.78 is 5.90. The van der Waals surface area contributed by atoms with E-state index >= 15 is 0 Å². The van der Waals surface area contributed by atoms with E-state index in [9.17, 15) is 9.59 Å². The Balaban J connectivity index is 1.32. The van der Waals surface area contributed by atoms with Gasteiger partial charge in [0.2, 0.25) is 5.89 Å². The number of rotatable bonds is 5. The highest BCUT2D eigenvalue weighted by atomic mass is 16.4. The normalized spacial score (nSPS) is 14.2. The maximum atomic E-state index is 12.7. The Bertz CT molecular complexity index is 1180. The first kappa shape index (κ1) is 23.5. The molecule has 2 aromatic carbocycles. The van der Waals surface area contributed by atoms with Gasteiger partial charge in [0.15, 0.2) is 0 Å². The quantitative estimate of drug-likeness (QED) is 0.600. The Morgan fingerprint density at radius 1 is 0.971 bits per heavy atom. The van der Waals surface area contributed by atoms with E-state index in [1.807, 2.05) is 49.1 Å². The highest BCUT2D eigenvalue weighted by Gasteiger charge is 2.23. The van der Waals surface area contributed by atoms with Gasteiger partial charge in [-0.05, 0) is 68.3 Å². The van der Waals surface area contributed by atoms with Gasteiger partial charge in [-0.2, -0.15) is 0 Å². The molecule has 1 aromatic heterocycles. The van der Waals surface area contributed by atoms with Gasteiger partial charge in [0.1, 0.15) is 5.76 Å². The molecule has 0 saturated carbocycles. The van der Waals surface area contributed by atoms with Crippen LogP contribution in [-0.2, 0) is 6.54 Å². The van der Waals surface area contributed by atoms with Crippen molar-refractivity contribution in [3.63, 3.8) is 0 Å². The van der Waals surface area contributed by atoms with Gasteiger partial charge < -0.3 is 20.0 Å². The molecule has 1 aliphatic heterocycles. The van der Waals surface area contributed by atoms with E-state index in [0.717, 1.165) is 41.4 Å². The SMILES string of the molecule is CNC(=O)c1ccc(-c2nc(CN3CCN(C(=O)Nc4ccc(C)c(C)c4)CC3)c(C)o2)cc1. The average molecular weight is 462 g/mol. The van der Waals surface area contributed by atoms with Gasteiger partial charge >= 0.3 is 6.03 Å². The molecular formula is C26H31N5O3. The molecular weight excluding hydrogens is 430 g/mol. The van der Waals surface area contributed by atoms with Crippen LogP contribution in [0.4, 0.5) is 10.5 Å². The van der Waals surface area contributed by atoms with E-state index < -0.39 is 0 Å². The number of nitrogens with zero attached hydrogens (tertiary/aromatic N) is 3. The van der Waals surface area contributed by atoms with Crippen molar-refractivity contribution < 1.29 is 14.0 Å². The zero-order chi connectivity index (χ0) is 24.2. The number of nitrogens with one attached hydrogen (secondary N) is 2. The van der Waals surface area contributed by atoms with E-state index in [1.54, 1.807) is 19.2 Å². The van der Waals surface area contributed by atoms with Crippen LogP contribution in [0.5, 0.6) is 0 Å². The molecule has 8 heteroatoms. The Kier molecular flexibility index (Phi) is 6.98. The summed E-state index contributed by atoms with van der Waals surface area (Å²) >= 11 is 0. The van der Waals surface area contributed by atoms with Crippen molar-refractivity contribution in [1.82, 2.24) is 20.1 Å². The summed E-state index contributed by atoms with van der Waals surface area (Å²) in [6.45, 7) is 9.52. The number of urea groups is 1. The van der Waals surface area contributed by atoms with Crippen molar-refractivity contribution in [3.8, 4) is 11.5 Å². The zero-order valence-electron chi connectivity index (χ0n) is 20.1. The summed E-state index contributed by atoms with van der Waals surface area (Å²) in [6, 6.07) is 13.1. The van der Waals surface area contributed by atoms with Gasteiger partial charge in [-0.3, -0.25) is 9.69 Å². The fourth-order valence-electron chi connectivity index (χ4n) is 3.95. The van der Waals surface area contributed by atoms with E-state index in [1.165, 1.54) is 5.56 Å². The van der Waals surface area contributed by atoms with Crippen molar-refractivity contribution in [2.24, 2.45) is 0 Å². The molecule has 8 nitrogen and oxygen atoms in total. The summed E-state index contributed by atoms with van der Waals surface area (Å²) in [5.74, 6) is 1.19. The molecule has 2 heterocycles. The second-order valence-electron chi connectivity index (χ2n) is 8.67. The fourth-order valence-corrected chi connectivity index (χ4v) is 3.95. The number of benzene rings is 2. The molecule has 0 aliphatic carbocycles. The summed E-state index contributed by atoms with van der Waals surface area (Å²) in [6.07, 6.45) is 0. The molecule has 1 fully saturated rings. The summed E-state index contributed by atoms with van der Waals surface area (Å²) in [7, 11) is 1.61. The highest BCUT2D eigenvalue weighted by Crippen LogP contribution is 2.23. The third-order valence-electron chi connectivity index (χ3n) is 6.30. The van der Waals surface area contributed by atoms with Crippen LogP contribution in [0.2, 0.25) is 0 Å². The minimum Gasteiger partial charge on any atom is -0.441 e. The Labute approximate surface area is 200 Å². The lowest BCUT2D eigenvalue weighted by atomic mass is 10.1. The van der Waals surface area contributed by atoms with Crippen molar-refractivity contribution in [3.05, 3.63) is 70.6 Å². The largest absolute Gasteiger partial charge is 0.441 e. The summed E-state index contributed by atoms with van der Waals surface area (Å²) in [4.78, 5) is 33.2. The zero-order valence-corrected chi connectivity index (χ0v) is 20.1. The number of oxazole rings is 1. The lowest BCUT2D eigenvalue weighted by Crippen LogP contribution is -2.49. The van der Waals surface area contributed by atoms with Gasteiger partial charge in [0.25, 0.3) is 5.91 Å². The van der Waals surface area contributed by atoms with Crippen molar-refractivity contribution in [2.45, 2.75) is 27.3 Å². The summed E-state index contributed by atoms with van der Waals surface area (Å²) in [5, 5.41) is 5.62. The molecule has 0 unspecified atom stereocenters. The van der Waals surface area contributed by atoms with Crippen LogP contribution in [0.1, 0.15) is 32.9 Å². The topological polar surface area (TPSA) is 90.7 Å². The summed E-state index contributed by atoms with van der Waals surface area (Å²) in [5.41, 5.74) is 5.50. The predicted molar refractivity (Wildman–Crippen MR) is 132 cm³/mol. The number of piperazine rings is 1. The van der Waals surface area contributed by atoms with E-state index in [0.29, 0.717) is 31.1 Å². The Morgan fingerprint density at radius 3 is 2.32 bits per heavy atom. The van der Waals surface area contributed by atoms with E-state index in [2.05, 4.69) is 22.5 Å². The molecule has 0 spiro atoms. The minimum absolute atomic E-state index is 0.0667. The maximum Gasteiger partial charge on any atom is 0.321 e. The molecule has 0 atom stereocenters. The number of hydrogen-bond acceptors (Lipinski definition) is 5. The molecule has 4 rings (SSSR count). The van der Waals surface area contributed by atoms with Crippen molar-refractivity contribution in [1.29, 1.82) is 0 Å². The van der Waals surface area contributed by atoms with E-state index in [4.69, 9.17) is 9.40 Å². The van der Waals surface area contributed by atoms with Crippen LogP contribution in [0.15, 0.2) is 46.9 Å². The number of carbonyl (C=O) groups excluding carboxylic acids is 2. The molecule has 0 radical (unpaired) electrons. The first-order valence-corrected chi connectivity index (χ1v) is 11.5. The Hall–Kier alpha value is -3.65. The molecule has 34 heavy (non-hydrogen) atoms. The highest BCUT2D eigenvalue weighted by molar-refractivity contribution is 5.94. The van der Waals surface area contributed by atoms with Crippen LogP contribution in [0, 0.1) is 20.8 Å². The third-order valence-corrected chi connectivity index (χ3v) is 6.30. The number of anilines is 1. The first-order valence-electron chi connectivity index (χ1n) is 11.5. The van der Waals surface area contributed by atoms with Crippen LogP contribution in [0.25, 0.3) is 11.5 Å². The van der Waals surface area contributed by atoms with E-state index in [-0.39, 0.29) is 11.9 Å². The Morgan fingerprint density at radius 2 is 1.68 bits per heavy atom. The number of amides is 3. The standard InChI is InChI=1S/C26H31N5O3/c1-17-5-10-22(15-18(17)2)28-26(33)31-13-11-30(12-14-31)16-23-19(3)34-25(29-23)21-8-6-20(7-9-21)24(32)27-4/h5-10,15H,11-14,16H2,1-4H3,(H,27,32)(H,28,33). The van der Waals surface area contributed by atoms with Crippen LogP contribution in [-0.4, -0.2) is 59.9 Å². The van der Waals surface area contributed by atoms with Crippen molar-refractivity contribution >= 4 is 17.6 Å². The second kappa shape index (κ2) is 10.1. The smallest absolute Gasteiger partial charge is 0.321 e. The maximum absolute atomic E-state index is 12.7. The van der Waals surface area contributed by atoms with Gasteiger partial charge in [-0.1, -0.05) is 6.07 Å². The second-order valence-corrected chi connectivity index (χ2v) is 8.67. The molecule has 3 aromatic rings. The number of aromatic nitrogens is 1. The van der Waals surface area contributed by atoms with Crippen molar-refractivity contribution in [2.75, 3.05) is 38.5 Å². The molecule has 1 saturated heterocycles. The molecule has 178 valence electrons. The molecule has 2 N–H and O–H groups in total. The predicted octanol–water partition coefficient (Wildman–Crippen LogP) is 3.98. The minimum atomic E-state index is -0.127. The monoisotopic (exact) mass is 461 g/mol. The van der Waals surface area contributed by atoms with Gasteiger partial charge in [0.05, 0.1) is 5.69 Å². The lowest BCUT2D eigenvalue weighted by Gasteiger charge is -2.34. The molecule has 0 bridgehead atoms. The number of aryl methyl sites for hydroxylation is 3. The first-order chi connectivity index (χ1) is 16.3.